The number of fused-ring (bicyclic) bond motifs is 2. The number of aryl methyl sites for hydroxylation is 1. The molecule has 1 N–H and O–H groups in total. The van der Waals surface area contributed by atoms with Crippen molar-refractivity contribution < 1.29 is 9.47 Å². The first-order chi connectivity index (χ1) is 12.8. The summed E-state index contributed by atoms with van der Waals surface area (Å²) >= 11 is 0. The molecule has 0 amide bonds. The standard InChI is InChI=1S/C19H21N5O2/c1-13-21-15-4-5-20-18(15)19(22-13)24-8-6-23(7-9-24)11-14-2-3-16-17(10-14)26-12-25-16/h2-5,10,20H,6-9,11-12H2,1H3. The van der Waals surface area contributed by atoms with Crippen molar-refractivity contribution in [3.8, 4) is 11.5 Å². The van der Waals surface area contributed by atoms with Crippen LogP contribution in [0.4, 0.5) is 5.82 Å². The minimum absolute atomic E-state index is 0.322. The summed E-state index contributed by atoms with van der Waals surface area (Å²) in [5.74, 6) is 3.52. The molecule has 0 unspecified atom stereocenters. The third-order valence-corrected chi connectivity index (χ3v) is 5.01. The summed E-state index contributed by atoms with van der Waals surface area (Å²) < 4.78 is 10.9. The van der Waals surface area contributed by atoms with Gasteiger partial charge in [0.05, 0.1) is 5.52 Å². The van der Waals surface area contributed by atoms with Crippen LogP contribution in [0.3, 0.4) is 0 Å². The fourth-order valence-electron chi connectivity index (χ4n) is 3.69. The fraction of sp³-hybridized carbons (Fsp3) is 0.368. The van der Waals surface area contributed by atoms with E-state index in [1.54, 1.807) is 0 Å². The number of rotatable bonds is 3. The molecule has 0 bridgehead atoms. The van der Waals surface area contributed by atoms with Crippen LogP contribution in [0.2, 0.25) is 0 Å². The molecule has 0 spiro atoms. The van der Waals surface area contributed by atoms with Gasteiger partial charge in [0.15, 0.2) is 17.3 Å². The molecule has 2 aliphatic rings. The van der Waals surface area contributed by atoms with Gasteiger partial charge in [-0.3, -0.25) is 4.90 Å². The molecule has 2 aliphatic heterocycles. The van der Waals surface area contributed by atoms with Crippen LogP contribution in [-0.2, 0) is 6.54 Å². The Hall–Kier alpha value is -2.80. The molecule has 7 heteroatoms. The predicted octanol–water partition coefficient (Wildman–Crippen LogP) is 2.32. The number of hydrogen-bond acceptors (Lipinski definition) is 6. The van der Waals surface area contributed by atoms with Crippen molar-refractivity contribution in [1.29, 1.82) is 0 Å². The first-order valence-electron chi connectivity index (χ1n) is 8.94. The Labute approximate surface area is 151 Å². The maximum atomic E-state index is 5.48. The third kappa shape index (κ3) is 2.74. The second-order valence-electron chi connectivity index (χ2n) is 6.78. The van der Waals surface area contributed by atoms with Crippen LogP contribution >= 0.6 is 0 Å². The SMILES string of the molecule is Cc1nc(N2CCN(Cc3ccc4c(c3)OCO4)CC2)c2[nH]ccc2n1. The lowest BCUT2D eigenvalue weighted by Crippen LogP contribution is -2.46. The molecule has 2 aromatic heterocycles. The summed E-state index contributed by atoms with van der Waals surface area (Å²) in [4.78, 5) is 17.3. The van der Waals surface area contributed by atoms with Crippen LogP contribution in [0.25, 0.3) is 11.0 Å². The zero-order valence-electron chi connectivity index (χ0n) is 14.7. The minimum atomic E-state index is 0.322. The van der Waals surface area contributed by atoms with Crippen LogP contribution in [0, 0.1) is 6.92 Å². The van der Waals surface area contributed by atoms with E-state index < -0.39 is 0 Å². The normalized spacial score (nSPS) is 17.2. The van der Waals surface area contributed by atoms with E-state index in [2.05, 4.69) is 36.9 Å². The number of aromatic amines is 1. The molecule has 0 saturated carbocycles. The molecular weight excluding hydrogens is 330 g/mol. The Bertz CT molecular complexity index is 946. The minimum Gasteiger partial charge on any atom is -0.454 e. The molecule has 1 fully saturated rings. The van der Waals surface area contributed by atoms with E-state index >= 15 is 0 Å². The molecule has 4 heterocycles. The maximum absolute atomic E-state index is 5.48. The number of nitrogens with zero attached hydrogens (tertiary/aromatic N) is 4. The molecule has 1 saturated heterocycles. The summed E-state index contributed by atoms with van der Waals surface area (Å²) in [6.07, 6.45) is 1.93. The third-order valence-electron chi connectivity index (χ3n) is 5.01. The van der Waals surface area contributed by atoms with Gasteiger partial charge in [0.1, 0.15) is 11.3 Å². The quantitative estimate of drug-likeness (QED) is 0.781. The van der Waals surface area contributed by atoms with E-state index in [1.165, 1.54) is 5.56 Å². The highest BCUT2D eigenvalue weighted by molar-refractivity contribution is 5.86. The number of H-pyrrole nitrogens is 1. The van der Waals surface area contributed by atoms with E-state index in [9.17, 15) is 0 Å². The molecular formula is C19H21N5O2. The monoisotopic (exact) mass is 351 g/mol. The van der Waals surface area contributed by atoms with Crippen LogP contribution in [0.15, 0.2) is 30.5 Å². The highest BCUT2D eigenvalue weighted by Gasteiger charge is 2.22. The maximum Gasteiger partial charge on any atom is 0.231 e. The van der Waals surface area contributed by atoms with Gasteiger partial charge < -0.3 is 19.4 Å². The first kappa shape index (κ1) is 15.5. The van der Waals surface area contributed by atoms with Crippen molar-refractivity contribution in [3.63, 3.8) is 0 Å². The predicted molar refractivity (Wildman–Crippen MR) is 98.7 cm³/mol. The Morgan fingerprint density at radius 3 is 2.77 bits per heavy atom. The fourth-order valence-corrected chi connectivity index (χ4v) is 3.69. The van der Waals surface area contributed by atoms with Gasteiger partial charge in [-0.15, -0.1) is 0 Å². The molecule has 0 atom stereocenters. The number of piperazine rings is 1. The van der Waals surface area contributed by atoms with Crippen molar-refractivity contribution in [1.82, 2.24) is 19.9 Å². The lowest BCUT2D eigenvalue weighted by atomic mass is 10.1. The molecule has 134 valence electrons. The van der Waals surface area contributed by atoms with Crippen LogP contribution < -0.4 is 14.4 Å². The van der Waals surface area contributed by atoms with E-state index in [-0.39, 0.29) is 0 Å². The van der Waals surface area contributed by atoms with Gasteiger partial charge in [0.2, 0.25) is 6.79 Å². The van der Waals surface area contributed by atoms with E-state index in [4.69, 9.17) is 9.47 Å². The Balaban J connectivity index is 1.28. The van der Waals surface area contributed by atoms with Crippen molar-refractivity contribution in [2.24, 2.45) is 0 Å². The van der Waals surface area contributed by atoms with E-state index in [0.717, 1.165) is 66.9 Å². The average Bonchev–Trinajstić information content (AvgIpc) is 3.30. The number of nitrogens with one attached hydrogen (secondary N) is 1. The van der Waals surface area contributed by atoms with Gasteiger partial charge in [-0.25, -0.2) is 9.97 Å². The molecule has 5 rings (SSSR count). The number of anilines is 1. The second-order valence-corrected chi connectivity index (χ2v) is 6.78. The number of ether oxygens (including phenoxy) is 2. The van der Waals surface area contributed by atoms with Crippen molar-refractivity contribution in [2.75, 3.05) is 37.9 Å². The zero-order valence-corrected chi connectivity index (χ0v) is 14.7. The van der Waals surface area contributed by atoms with Crippen LogP contribution in [0.5, 0.6) is 11.5 Å². The van der Waals surface area contributed by atoms with Gasteiger partial charge in [0, 0.05) is 38.9 Å². The highest BCUT2D eigenvalue weighted by Crippen LogP contribution is 2.33. The van der Waals surface area contributed by atoms with Crippen molar-refractivity contribution >= 4 is 16.9 Å². The molecule has 0 aliphatic carbocycles. The van der Waals surface area contributed by atoms with Gasteiger partial charge in [-0.1, -0.05) is 6.07 Å². The smallest absolute Gasteiger partial charge is 0.231 e. The van der Waals surface area contributed by atoms with Gasteiger partial charge in [0.25, 0.3) is 0 Å². The topological polar surface area (TPSA) is 66.5 Å². The lowest BCUT2D eigenvalue weighted by Gasteiger charge is -2.35. The lowest BCUT2D eigenvalue weighted by molar-refractivity contribution is 0.174. The second kappa shape index (κ2) is 6.17. The molecule has 3 aromatic rings. The average molecular weight is 351 g/mol. The largest absolute Gasteiger partial charge is 0.454 e. The Kier molecular flexibility index (Phi) is 3.67. The summed E-state index contributed by atoms with van der Waals surface area (Å²) in [5.41, 5.74) is 3.27. The van der Waals surface area contributed by atoms with Crippen molar-refractivity contribution in [3.05, 3.63) is 41.9 Å². The Morgan fingerprint density at radius 1 is 1.04 bits per heavy atom. The summed E-state index contributed by atoms with van der Waals surface area (Å²) in [5, 5.41) is 0. The number of aromatic nitrogens is 3. The molecule has 0 radical (unpaired) electrons. The number of hydrogen-bond donors (Lipinski definition) is 1. The van der Waals surface area contributed by atoms with Crippen LogP contribution in [-0.4, -0.2) is 52.8 Å². The molecule has 7 nitrogen and oxygen atoms in total. The Morgan fingerprint density at radius 2 is 1.88 bits per heavy atom. The van der Waals surface area contributed by atoms with Gasteiger partial charge >= 0.3 is 0 Å². The van der Waals surface area contributed by atoms with E-state index in [1.807, 2.05) is 25.3 Å². The summed E-state index contributed by atoms with van der Waals surface area (Å²) in [7, 11) is 0. The zero-order chi connectivity index (χ0) is 17.5. The molecule has 1 aromatic carbocycles. The van der Waals surface area contributed by atoms with Crippen molar-refractivity contribution in [2.45, 2.75) is 13.5 Å². The van der Waals surface area contributed by atoms with Crippen LogP contribution in [0.1, 0.15) is 11.4 Å². The van der Waals surface area contributed by atoms with E-state index in [0.29, 0.717) is 6.79 Å². The summed E-state index contributed by atoms with van der Waals surface area (Å²) in [6, 6.07) is 8.21. The van der Waals surface area contributed by atoms with Gasteiger partial charge in [-0.05, 0) is 30.7 Å². The molecule has 26 heavy (non-hydrogen) atoms. The highest BCUT2D eigenvalue weighted by atomic mass is 16.7. The first-order valence-corrected chi connectivity index (χ1v) is 8.94. The van der Waals surface area contributed by atoms with Gasteiger partial charge in [-0.2, -0.15) is 0 Å². The summed E-state index contributed by atoms with van der Waals surface area (Å²) in [6.45, 7) is 7.10. The number of benzene rings is 1.